The van der Waals surface area contributed by atoms with Gasteiger partial charge in [0.2, 0.25) is 5.76 Å². The Morgan fingerprint density at radius 2 is 1.18 bits per heavy atom. The fraction of sp³-hybridized carbons (Fsp3) is 0.667. The lowest BCUT2D eigenvalue weighted by molar-refractivity contribution is 0.0879. The number of anilines is 2. The summed E-state index contributed by atoms with van der Waals surface area (Å²) in [4.78, 5) is 23.6. The molecule has 0 saturated carbocycles. The highest BCUT2D eigenvalue weighted by molar-refractivity contribution is 5.93. The maximum absolute atomic E-state index is 11.8. The Bertz CT molecular complexity index is 871. The minimum absolute atomic E-state index is 0.0764. The zero-order valence-electron chi connectivity index (χ0n) is 22.8. The molecule has 0 fully saturated rings. The van der Waals surface area contributed by atoms with Crippen LogP contribution in [0.1, 0.15) is 104 Å². The van der Waals surface area contributed by atoms with E-state index in [2.05, 4.69) is 36.6 Å². The molecule has 10 nitrogen and oxygen atoms in total. The van der Waals surface area contributed by atoms with Gasteiger partial charge in [0.25, 0.3) is 11.8 Å². The van der Waals surface area contributed by atoms with Gasteiger partial charge in [-0.2, -0.15) is 5.10 Å². The summed E-state index contributed by atoms with van der Waals surface area (Å²) in [6.45, 7) is 23.7. The average Bonchev–Trinajstić information content (AvgIpc) is 3.18. The van der Waals surface area contributed by atoms with Crippen LogP contribution in [0.15, 0.2) is 16.7 Å². The molecule has 2 heterocycles. The lowest BCUT2D eigenvalue weighted by atomic mass is 10.1. The van der Waals surface area contributed by atoms with Crippen molar-refractivity contribution in [3.05, 3.63) is 23.6 Å². The minimum atomic E-state index is -0.290. The first-order chi connectivity index (χ1) is 15.1. The van der Waals surface area contributed by atoms with Gasteiger partial charge in [-0.25, -0.2) is 0 Å². The SMILES string of the molecule is CC(C)(C)NC(=O)c1cc(NC(C)(C)C)n[nH]1.CC(C)(C)NC(=O)c1cc(NC(C)(C)C)no1. The first kappa shape index (κ1) is 29.0. The van der Waals surface area contributed by atoms with Crippen LogP contribution in [0.5, 0.6) is 0 Å². The second kappa shape index (κ2) is 10.5. The highest BCUT2D eigenvalue weighted by atomic mass is 16.5. The first-order valence-electron chi connectivity index (χ1n) is 11.4. The number of hydrogen-bond donors (Lipinski definition) is 5. The van der Waals surface area contributed by atoms with E-state index in [-0.39, 0.29) is 39.7 Å². The maximum atomic E-state index is 11.8. The molecule has 2 aromatic heterocycles. The Labute approximate surface area is 203 Å². The van der Waals surface area contributed by atoms with Crippen molar-refractivity contribution in [2.45, 2.75) is 105 Å². The Kier molecular flexibility index (Phi) is 8.94. The van der Waals surface area contributed by atoms with Crippen molar-refractivity contribution < 1.29 is 14.1 Å². The molecule has 0 saturated heterocycles. The van der Waals surface area contributed by atoms with Crippen LogP contribution in [0.3, 0.4) is 0 Å². The third-order valence-electron chi connectivity index (χ3n) is 3.54. The summed E-state index contributed by atoms with van der Waals surface area (Å²) in [5.74, 6) is 1.05. The number of amides is 2. The van der Waals surface area contributed by atoms with E-state index in [0.717, 1.165) is 0 Å². The summed E-state index contributed by atoms with van der Waals surface area (Å²) in [5.41, 5.74) is -0.269. The van der Waals surface area contributed by atoms with Crippen molar-refractivity contribution in [1.82, 2.24) is 26.0 Å². The molecule has 10 heteroatoms. The van der Waals surface area contributed by atoms with E-state index in [1.165, 1.54) is 0 Å². The Hall–Kier alpha value is -3.04. The van der Waals surface area contributed by atoms with Gasteiger partial charge in [0.15, 0.2) is 5.82 Å². The monoisotopic (exact) mass is 477 g/mol. The summed E-state index contributed by atoms with van der Waals surface area (Å²) >= 11 is 0. The van der Waals surface area contributed by atoms with Gasteiger partial charge in [-0.05, 0) is 83.1 Å². The predicted octanol–water partition coefficient (Wildman–Crippen LogP) is 4.56. The molecule has 0 atom stereocenters. The summed E-state index contributed by atoms with van der Waals surface area (Å²) in [6.07, 6.45) is 0. The third-order valence-corrected chi connectivity index (χ3v) is 3.54. The van der Waals surface area contributed by atoms with Crippen molar-refractivity contribution in [1.29, 1.82) is 0 Å². The van der Waals surface area contributed by atoms with Crippen molar-refractivity contribution in [2.75, 3.05) is 10.6 Å². The number of carbonyl (C=O) groups excluding carboxylic acids is 2. The summed E-state index contributed by atoms with van der Waals surface area (Å²) < 4.78 is 4.99. The number of aromatic amines is 1. The quantitative estimate of drug-likeness (QED) is 0.435. The maximum Gasteiger partial charge on any atom is 0.290 e. The second-order valence-electron chi connectivity index (χ2n) is 12.4. The third kappa shape index (κ3) is 12.3. The molecule has 192 valence electrons. The number of nitrogens with zero attached hydrogens (tertiary/aromatic N) is 2. The van der Waals surface area contributed by atoms with E-state index in [0.29, 0.717) is 17.3 Å². The largest absolute Gasteiger partial charge is 0.364 e. The normalized spacial score (nSPS) is 12.4. The van der Waals surface area contributed by atoms with Crippen LogP contribution < -0.4 is 21.3 Å². The molecule has 0 radical (unpaired) electrons. The summed E-state index contributed by atoms with van der Waals surface area (Å²) in [7, 11) is 0. The minimum Gasteiger partial charge on any atom is -0.364 e. The zero-order valence-corrected chi connectivity index (χ0v) is 22.8. The first-order valence-corrected chi connectivity index (χ1v) is 11.4. The molecular formula is C24H43N7O3. The standard InChI is InChI=1S/C12H22N4O.C12H21N3O2/c1-11(2,3)13-9-7-8(15-16-9)10(17)14-12(4,5)6;1-11(2,3)13-9-7-8(17-15-9)10(16)14-12(4,5)6/h7H,1-6H3,(H,14,17)(H2,13,15,16);7H,1-6H3,(H,13,15)(H,14,16). The van der Waals surface area contributed by atoms with Crippen LogP contribution in [0.2, 0.25) is 0 Å². The lowest BCUT2D eigenvalue weighted by Crippen LogP contribution is -2.40. The van der Waals surface area contributed by atoms with Crippen molar-refractivity contribution in [2.24, 2.45) is 0 Å². The van der Waals surface area contributed by atoms with E-state index < -0.39 is 0 Å². The molecule has 0 aliphatic heterocycles. The van der Waals surface area contributed by atoms with Crippen LogP contribution in [-0.4, -0.2) is 49.3 Å². The van der Waals surface area contributed by atoms with Gasteiger partial charge in [-0.15, -0.1) is 0 Å². The number of H-pyrrole nitrogens is 1. The molecule has 2 aromatic rings. The van der Waals surface area contributed by atoms with Crippen LogP contribution in [0, 0.1) is 0 Å². The topological polar surface area (TPSA) is 137 Å². The number of carbonyl (C=O) groups is 2. The molecule has 0 bridgehead atoms. The van der Waals surface area contributed by atoms with Gasteiger partial charge in [0.1, 0.15) is 11.5 Å². The zero-order chi connectivity index (χ0) is 26.5. The number of aromatic nitrogens is 3. The van der Waals surface area contributed by atoms with Crippen molar-refractivity contribution in [3.8, 4) is 0 Å². The number of nitrogens with one attached hydrogen (secondary N) is 5. The summed E-state index contributed by atoms with van der Waals surface area (Å²) in [5, 5.41) is 22.6. The Morgan fingerprint density at radius 1 is 0.706 bits per heavy atom. The highest BCUT2D eigenvalue weighted by Crippen LogP contribution is 2.15. The molecule has 5 N–H and O–H groups in total. The molecule has 2 rings (SSSR count). The van der Waals surface area contributed by atoms with E-state index in [4.69, 9.17) is 4.52 Å². The van der Waals surface area contributed by atoms with Crippen molar-refractivity contribution in [3.63, 3.8) is 0 Å². The second-order valence-corrected chi connectivity index (χ2v) is 12.4. The van der Waals surface area contributed by atoms with E-state index >= 15 is 0 Å². The number of rotatable bonds is 4. The van der Waals surface area contributed by atoms with Gasteiger partial charge in [-0.1, -0.05) is 5.16 Å². The molecule has 0 aromatic carbocycles. The van der Waals surface area contributed by atoms with Crippen LogP contribution in [0.4, 0.5) is 11.6 Å². The van der Waals surface area contributed by atoms with Crippen LogP contribution in [0.25, 0.3) is 0 Å². The fourth-order valence-corrected chi connectivity index (χ4v) is 2.52. The van der Waals surface area contributed by atoms with Crippen molar-refractivity contribution >= 4 is 23.5 Å². The number of hydrogen-bond acceptors (Lipinski definition) is 7. The molecule has 0 aliphatic carbocycles. The van der Waals surface area contributed by atoms with E-state index in [1.807, 2.05) is 83.1 Å². The van der Waals surface area contributed by atoms with Gasteiger partial charge < -0.3 is 25.8 Å². The highest BCUT2D eigenvalue weighted by Gasteiger charge is 2.21. The van der Waals surface area contributed by atoms with Gasteiger partial charge >= 0.3 is 0 Å². The van der Waals surface area contributed by atoms with Crippen LogP contribution in [-0.2, 0) is 0 Å². The van der Waals surface area contributed by atoms with E-state index in [9.17, 15) is 9.59 Å². The molecular weight excluding hydrogens is 434 g/mol. The smallest absolute Gasteiger partial charge is 0.290 e. The molecule has 0 unspecified atom stereocenters. The molecule has 0 aliphatic rings. The Balaban J connectivity index is 0.000000340. The van der Waals surface area contributed by atoms with Gasteiger partial charge in [-0.3, -0.25) is 14.7 Å². The summed E-state index contributed by atoms with van der Waals surface area (Å²) in [6, 6.07) is 3.32. The fourth-order valence-electron chi connectivity index (χ4n) is 2.52. The molecule has 0 spiro atoms. The Morgan fingerprint density at radius 3 is 1.65 bits per heavy atom. The van der Waals surface area contributed by atoms with Gasteiger partial charge in [0.05, 0.1) is 0 Å². The molecule has 2 amide bonds. The average molecular weight is 478 g/mol. The van der Waals surface area contributed by atoms with E-state index in [1.54, 1.807) is 12.1 Å². The van der Waals surface area contributed by atoms with Gasteiger partial charge in [0, 0.05) is 34.3 Å². The van der Waals surface area contributed by atoms with Crippen LogP contribution >= 0.6 is 0 Å². The molecule has 34 heavy (non-hydrogen) atoms. The lowest BCUT2D eigenvalue weighted by Gasteiger charge is -2.20. The predicted molar refractivity (Wildman–Crippen MR) is 136 cm³/mol.